The van der Waals surface area contributed by atoms with Crippen LogP contribution in [0.15, 0.2) is 36.5 Å². The summed E-state index contributed by atoms with van der Waals surface area (Å²) in [6.07, 6.45) is 5.08. The molecule has 0 radical (unpaired) electrons. The van der Waals surface area contributed by atoms with Gasteiger partial charge in [-0.05, 0) is 49.1 Å². The number of hydrogen-bond acceptors (Lipinski definition) is 3. The number of aromatic nitrogens is 2. The molecule has 0 aliphatic heterocycles. The molecule has 2 heterocycles. The van der Waals surface area contributed by atoms with Gasteiger partial charge in [0.2, 0.25) is 0 Å². The zero-order valence-electron chi connectivity index (χ0n) is 12.2. The fourth-order valence-electron chi connectivity index (χ4n) is 3.48. The zero-order chi connectivity index (χ0) is 15.1. The van der Waals surface area contributed by atoms with Gasteiger partial charge in [-0.25, -0.2) is 4.98 Å². The Balaban J connectivity index is 1.91. The molecule has 108 valence electrons. The topological polar surface area (TPSA) is 67.6 Å². The van der Waals surface area contributed by atoms with Crippen LogP contribution >= 0.6 is 0 Å². The Labute approximate surface area is 128 Å². The molecule has 0 saturated heterocycles. The van der Waals surface area contributed by atoms with Crippen LogP contribution in [0.25, 0.3) is 10.9 Å². The van der Waals surface area contributed by atoms with Gasteiger partial charge in [0.05, 0.1) is 18.2 Å². The summed E-state index contributed by atoms with van der Waals surface area (Å²) < 4.78 is 2.34. The van der Waals surface area contributed by atoms with Crippen molar-refractivity contribution in [1.29, 1.82) is 5.26 Å². The third kappa shape index (κ3) is 1.86. The first-order chi connectivity index (χ1) is 10.8. The van der Waals surface area contributed by atoms with Crippen molar-refractivity contribution in [1.82, 2.24) is 9.55 Å². The highest BCUT2D eigenvalue weighted by molar-refractivity contribution is 5.87. The van der Waals surface area contributed by atoms with Gasteiger partial charge in [-0.15, -0.1) is 0 Å². The van der Waals surface area contributed by atoms with Crippen molar-refractivity contribution in [3.8, 4) is 6.07 Å². The molecule has 0 unspecified atom stereocenters. The minimum atomic E-state index is 0.588. The molecule has 0 amide bonds. The second-order valence-corrected chi connectivity index (χ2v) is 5.76. The van der Waals surface area contributed by atoms with Crippen LogP contribution in [0.5, 0.6) is 0 Å². The summed E-state index contributed by atoms with van der Waals surface area (Å²) in [6.45, 7) is 0.734. The lowest BCUT2D eigenvalue weighted by Gasteiger charge is -2.11. The van der Waals surface area contributed by atoms with Gasteiger partial charge in [0.15, 0.2) is 0 Å². The number of nitriles is 1. The second kappa shape index (κ2) is 4.88. The van der Waals surface area contributed by atoms with Gasteiger partial charge in [0, 0.05) is 28.4 Å². The molecular weight excluding hydrogens is 272 g/mol. The first-order valence-electron chi connectivity index (χ1n) is 7.51. The first-order valence-corrected chi connectivity index (χ1v) is 7.51. The van der Waals surface area contributed by atoms with Crippen molar-refractivity contribution in [3.05, 3.63) is 58.9 Å². The second-order valence-electron chi connectivity index (χ2n) is 5.76. The molecule has 0 fully saturated rings. The van der Waals surface area contributed by atoms with E-state index < -0.39 is 0 Å². The summed E-state index contributed by atoms with van der Waals surface area (Å²) in [5, 5.41) is 10.4. The van der Waals surface area contributed by atoms with E-state index in [1.54, 1.807) is 6.20 Å². The Bertz CT molecular complexity index is 915. The average Bonchev–Trinajstić information content (AvgIpc) is 3.12. The molecule has 2 N–H and O–H groups in total. The highest BCUT2D eigenvalue weighted by atomic mass is 15.0. The summed E-state index contributed by atoms with van der Waals surface area (Å²) >= 11 is 0. The van der Waals surface area contributed by atoms with Crippen molar-refractivity contribution in [2.75, 3.05) is 5.73 Å². The Morgan fingerprint density at radius 3 is 3.00 bits per heavy atom. The summed E-state index contributed by atoms with van der Waals surface area (Å²) in [7, 11) is 0. The Hall–Kier alpha value is -2.80. The number of rotatable bonds is 2. The maximum absolute atomic E-state index is 9.14. The Morgan fingerprint density at radius 1 is 1.27 bits per heavy atom. The van der Waals surface area contributed by atoms with Gasteiger partial charge in [0.25, 0.3) is 0 Å². The normalized spacial score (nSPS) is 13.2. The largest absolute Gasteiger partial charge is 0.383 e. The molecule has 1 aliphatic carbocycles. The number of nitrogens with two attached hydrogens (primary N) is 1. The van der Waals surface area contributed by atoms with E-state index in [9.17, 15) is 0 Å². The average molecular weight is 288 g/mol. The van der Waals surface area contributed by atoms with E-state index >= 15 is 0 Å². The summed E-state index contributed by atoms with van der Waals surface area (Å²) in [4.78, 5) is 4.18. The SMILES string of the molecule is N#Cc1ccc2c(c1)c1c(n2Cc2cccnc2N)CCC1. The van der Waals surface area contributed by atoms with Crippen LogP contribution in [0.3, 0.4) is 0 Å². The highest BCUT2D eigenvalue weighted by Gasteiger charge is 2.22. The minimum absolute atomic E-state index is 0.588. The van der Waals surface area contributed by atoms with Crippen LogP contribution < -0.4 is 5.73 Å². The molecule has 0 atom stereocenters. The van der Waals surface area contributed by atoms with Crippen molar-refractivity contribution in [2.45, 2.75) is 25.8 Å². The monoisotopic (exact) mass is 288 g/mol. The number of nitrogen functional groups attached to an aromatic ring is 1. The summed E-state index contributed by atoms with van der Waals surface area (Å²) in [5.41, 5.74) is 11.7. The smallest absolute Gasteiger partial charge is 0.128 e. The third-order valence-electron chi connectivity index (χ3n) is 4.51. The van der Waals surface area contributed by atoms with Gasteiger partial charge >= 0.3 is 0 Å². The number of aryl methyl sites for hydroxylation is 1. The predicted octanol–water partition coefficient (Wildman–Crippen LogP) is 3.03. The molecule has 4 rings (SSSR count). The lowest BCUT2D eigenvalue weighted by atomic mass is 10.1. The van der Waals surface area contributed by atoms with Crippen LogP contribution in [0.4, 0.5) is 5.82 Å². The fraction of sp³-hybridized carbons (Fsp3) is 0.222. The van der Waals surface area contributed by atoms with Crippen LogP contribution in [0.2, 0.25) is 0 Å². The molecule has 4 nitrogen and oxygen atoms in total. The van der Waals surface area contributed by atoms with Crippen LogP contribution in [0, 0.1) is 11.3 Å². The van der Waals surface area contributed by atoms with Gasteiger partial charge in [-0.2, -0.15) is 5.26 Å². The summed E-state index contributed by atoms with van der Waals surface area (Å²) in [5.74, 6) is 0.588. The molecule has 22 heavy (non-hydrogen) atoms. The van der Waals surface area contributed by atoms with Crippen LogP contribution in [-0.4, -0.2) is 9.55 Å². The molecule has 4 heteroatoms. The fourth-order valence-corrected chi connectivity index (χ4v) is 3.48. The molecule has 2 aromatic heterocycles. The standard InChI is InChI=1S/C18H16N4/c19-10-12-6-7-17-15(9-12)14-4-1-5-16(14)22(17)11-13-3-2-8-21-18(13)20/h2-3,6-9H,1,4-5,11H2,(H2,20,21). The van der Waals surface area contributed by atoms with E-state index in [1.807, 2.05) is 24.3 Å². The van der Waals surface area contributed by atoms with Gasteiger partial charge in [-0.1, -0.05) is 6.07 Å². The molecular formula is C18H16N4. The Morgan fingerprint density at radius 2 is 2.18 bits per heavy atom. The first kappa shape index (κ1) is 12.9. The lowest BCUT2D eigenvalue weighted by molar-refractivity contribution is 0.766. The highest BCUT2D eigenvalue weighted by Crippen LogP contribution is 2.34. The van der Waals surface area contributed by atoms with Gasteiger partial charge < -0.3 is 10.3 Å². The number of pyridine rings is 1. The number of hydrogen-bond donors (Lipinski definition) is 1. The maximum atomic E-state index is 9.14. The van der Waals surface area contributed by atoms with E-state index in [-0.39, 0.29) is 0 Å². The van der Waals surface area contributed by atoms with Crippen molar-refractivity contribution in [2.24, 2.45) is 0 Å². The number of fused-ring (bicyclic) bond motifs is 3. The van der Waals surface area contributed by atoms with E-state index in [2.05, 4.69) is 21.7 Å². The zero-order valence-corrected chi connectivity index (χ0v) is 12.2. The minimum Gasteiger partial charge on any atom is -0.383 e. The molecule has 0 spiro atoms. The number of anilines is 1. The molecule has 1 aliphatic rings. The number of nitrogens with zero attached hydrogens (tertiary/aromatic N) is 3. The van der Waals surface area contributed by atoms with E-state index in [1.165, 1.54) is 28.6 Å². The number of benzene rings is 1. The lowest BCUT2D eigenvalue weighted by Crippen LogP contribution is -2.06. The third-order valence-corrected chi connectivity index (χ3v) is 4.51. The Kier molecular flexibility index (Phi) is 2.87. The quantitative estimate of drug-likeness (QED) is 0.788. The molecule has 0 saturated carbocycles. The van der Waals surface area contributed by atoms with Gasteiger partial charge in [-0.3, -0.25) is 0 Å². The van der Waals surface area contributed by atoms with Crippen molar-refractivity contribution < 1.29 is 0 Å². The van der Waals surface area contributed by atoms with Crippen LogP contribution in [0.1, 0.15) is 28.8 Å². The summed E-state index contributed by atoms with van der Waals surface area (Å²) in [6, 6.07) is 12.1. The molecule has 3 aromatic rings. The van der Waals surface area contributed by atoms with Gasteiger partial charge in [0.1, 0.15) is 5.82 Å². The predicted molar refractivity (Wildman–Crippen MR) is 86.4 cm³/mol. The van der Waals surface area contributed by atoms with Crippen molar-refractivity contribution in [3.63, 3.8) is 0 Å². The van der Waals surface area contributed by atoms with E-state index in [0.29, 0.717) is 5.82 Å². The van der Waals surface area contributed by atoms with Crippen molar-refractivity contribution >= 4 is 16.7 Å². The molecule has 1 aromatic carbocycles. The van der Waals surface area contributed by atoms with Crippen LogP contribution in [-0.2, 0) is 19.4 Å². The maximum Gasteiger partial charge on any atom is 0.128 e. The van der Waals surface area contributed by atoms with E-state index in [0.717, 1.165) is 30.5 Å². The molecule has 0 bridgehead atoms. The van der Waals surface area contributed by atoms with E-state index in [4.69, 9.17) is 11.0 Å².